The molecule has 0 aromatic heterocycles. The number of carbonyl (C=O) groups excluding carboxylic acids is 1. The molecule has 0 saturated heterocycles. The van der Waals surface area contributed by atoms with E-state index < -0.39 is 17.6 Å². The fourth-order valence-electron chi connectivity index (χ4n) is 1.68. The van der Waals surface area contributed by atoms with Crippen molar-refractivity contribution in [3.05, 3.63) is 65.2 Å². The van der Waals surface area contributed by atoms with Crippen LogP contribution in [0.2, 0.25) is 0 Å². The van der Waals surface area contributed by atoms with Gasteiger partial charge in [-0.15, -0.1) is 0 Å². The zero-order valence-corrected chi connectivity index (χ0v) is 10.7. The minimum absolute atomic E-state index is 0.0274. The van der Waals surface area contributed by atoms with Gasteiger partial charge < -0.3 is 5.32 Å². The molecule has 2 nitrogen and oxygen atoms in total. The molecule has 2 aromatic rings. The monoisotopic (exact) mass is 279 g/mol. The number of hydrogen-bond donors (Lipinski definition) is 1. The van der Waals surface area contributed by atoms with Gasteiger partial charge in [-0.2, -0.15) is 13.2 Å². The van der Waals surface area contributed by atoms with Gasteiger partial charge in [0.05, 0.1) is 5.56 Å². The first kappa shape index (κ1) is 14.1. The van der Waals surface area contributed by atoms with Gasteiger partial charge in [-0.05, 0) is 37.3 Å². The third kappa shape index (κ3) is 3.38. The zero-order chi connectivity index (χ0) is 14.8. The second-order valence-corrected chi connectivity index (χ2v) is 4.40. The molecular weight excluding hydrogens is 267 g/mol. The molecule has 5 heteroatoms. The van der Waals surface area contributed by atoms with Crippen LogP contribution in [0.15, 0.2) is 48.5 Å². The summed E-state index contributed by atoms with van der Waals surface area (Å²) in [6.07, 6.45) is -4.46. The molecule has 2 rings (SSSR count). The van der Waals surface area contributed by atoms with Crippen molar-refractivity contribution in [2.24, 2.45) is 0 Å². The number of aryl methyl sites for hydroxylation is 1. The van der Waals surface area contributed by atoms with E-state index in [2.05, 4.69) is 5.32 Å². The van der Waals surface area contributed by atoms with E-state index in [0.717, 1.165) is 17.7 Å². The highest BCUT2D eigenvalue weighted by atomic mass is 19.4. The summed E-state index contributed by atoms with van der Waals surface area (Å²) in [6.45, 7) is 1.90. The van der Waals surface area contributed by atoms with Crippen LogP contribution in [0.4, 0.5) is 18.9 Å². The Bertz CT molecular complexity index is 618. The maximum absolute atomic E-state index is 12.6. The van der Waals surface area contributed by atoms with Crippen molar-refractivity contribution >= 4 is 11.6 Å². The molecule has 0 unspecified atom stereocenters. The zero-order valence-electron chi connectivity index (χ0n) is 10.7. The Labute approximate surface area is 114 Å². The predicted octanol–water partition coefficient (Wildman–Crippen LogP) is 4.27. The Balaban J connectivity index is 2.19. The topological polar surface area (TPSA) is 29.1 Å². The second kappa shape index (κ2) is 5.36. The summed E-state index contributed by atoms with van der Waals surface area (Å²) in [6, 6.07) is 11.3. The van der Waals surface area contributed by atoms with Crippen LogP contribution >= 0.6 is 0 Å². The number of carbonyl (C=O) groups is 1. The summed E-state index contributed by atoms with van der Waals surface area (Å²) in [4.78, 5) is 11.9. The van der Waals surface area contributed by atoms with Crippen LogP contribution in [0.3, 0.4) is 0 Å². The first-order valence-electron chi connectivity index (χ1n) is 5.91. The van der Waals surface area contributed by atoms with Gasteiger partial charge in [0.25, 0.3) is 5.91 Å². The third-order valence-electron chi connectivity index (χ3n) is 2.76. The second-order valence-electron chi connectivity index (χ2n) is 4.40. The highest BCUT2D eigenvalue weighted by molar-refractivity contribution is 6.04. The molecule has 2 aromatic carbocycles. The lowest BCUT2D eigenvalue weighted by Crippen LogP contribution is -2.13. The van der Waals surface area contributed by atoms with E-state index in [9.17, 15) is 18.0 Å². The predicted molar refractivity (Wildman–Crippen MR) is 70.6 cm³/mol. The van der Waals surface area contributed by atoms with E-state index in [4.69, 9.17) is 0 Å². The lowest BCUT2D eigenvalue weighted by atomic mass is 10.1. The smallest absolute Gasteiger partial charge is 0.322 e. The summed E-state index contributed by atoms with van der Waals surface area (Å²) < 4.78 is 37.7. The van der Waals surface area contributed by atoms with Gasteiger partial charge in [0, 0.05) is 11.3 Å². The molecule has 20 heavy (non-hydrogen) atoms. The van der Waals surface area contributed by atoms with Crippen LogP contribution in [-0.2, 0) is 6.18 Å². The molecule has 0 aliphatic carbocycles. The van der Waals surface area contributed by atoms with Crippen LogP contribution in [0.25, 0.3) is 0 Å². The molecule has 0 saturated carbocycles. The van der Waals surface area contributed by atoms with Crippen molar-refractivity contribution in [2.75, 3.05) is 5.32 Å². The Kier molecular flexibility index (Phi) is 3.79. The van der Waals surface area contributed by atoms with E-state index in [1.807, 2.05) is 19.1 Å². The average Bonchev–Trinajstić information content (AvgIpc) is 2.40. The molecule has 0 radical (unpaired) electrons. The normalized spacial score (nSPS) is 11.2. The van der Waals surface area contributed by atoms with Gasteiger partial charge in [0.1, 0.15) is 0 Å². The molecular formula is C15H12F3NO. The number of benzene rings is 2. The molecule has 0 atom stereocenters. The Hall–Kier alpha value is -2.30. The minimum Gasteiger partial charge on any atom is -0.322 e. The number of halogens is 3. The fourth-order valence-corrected chi connectivity index (χ4v) is 1.68. The average molecular weight is 279 g/mol. The van der Waals surface area contributed by atoms with Crippen molar-refractivity contribution in [1.29, 1.82) is 0 Å². The molecule has 0 bridgehead atoms. The number of rotatable bonds is 2. The molecule has 1 N–H and O–H groups in total. The largest absolute Gasteiger partial charge is 0.416 e. The van der Waals surface area contributed by atoms with E-state index in [0.29, 0.717) is 5.69 Å². The summed E-state index contributed by atoms with van der Waals surface area (Å²) in [5, 5.41) is 2.56. The lowest BCUT2D eigenvalue weighted by Gasteiger charge is -2.09. The molecule has 0 aliphatic heterocycles. The van der Waals surface area contributed by atoms with Crippen molar-refractivity contribution in [3.8, 4) is 0 Å². The number of alkyl halides is 3. The Morgan fingerprint density at radius 3 is 2.30 bits per heavy atom. The fraction of sp³-hybridized carbons (Fsp3) is 0.133. The van der Waals surface area contributed by atoms with E-state index in [-0.39, 0.29) is 5.56 Å². The van der Waals surface area contributed by atoms with E-state index >= 15 is 0 Å². The van der Waals surface area contributed by atoms with E-state index in [1.54, 1.807) is 12.1 Å². The lowest BCUT2D eigenvalue weighted by molar-refractivity contribution is -0.137. The Morgan fingerprint density at radius 2 is 1.70 bits per heavy atom. The summed E-state index contributed by atoms with van der Waals surface area (Å²) in [5.41, 5.74) is 0.703. The van der Waals surface area contributed by atoms with Gasteiger partial charge in [0.15, 0.2) is 0 Å². The van der Waals surface area contributed by atoms with Gasteiger partial charge >= 0.3 is 6.18 Å². The summed E-state index contributed by atoms with van der Waals surface area (Å²) >= 11 is 0. The maximum atomic E-state index is 12.6. The van der Waals surface area contributed by atoms with Crippen molar-refractivity contribution in [2.45, 2.75) is 13.1 Å². The number of nitrogens with one attached hydrogen (secondary N) is 1. The maximum Gasteiger partial charge on any atom is 0.416 e. The molecule has 0 spiro atoms. The van der Waals surface area contributed by atoms with Gasteiger partial charge in [-0.1, -0.05) is 23.8 Å². The highest BCUT2D eigenvalue weighted by Crippen LogP contribution is 2.29. The number of anilines is 1. The van der Waals surface area contributed by atoms with Gasteiger partial charge in [0.2, 0.25) is 0 Å². The van der Waals surface area contributed by atoms with Crippen LogP contribution in [-0.4, -0.2) is 5.91 Å². The quantitative estimate of drug-likeness (QED) is 0.874. The first-order chi connectivity index (χ1) is 9.36. The third-order valence-corrected chi connectivity index (χ3v) is 2.76. The van der Waals surface area contributed by atoms with Crippen LogP contribution < -0.4 is 5.32 Å². The van der Waals surface area contributed by atoms with E-state index in [1.165, 1.54) is 12.1 Å². The van der Waals surface area contributed by atoms with Crippen LogP contribution in [0, 0.1) is 6.92 Å². The SMILES string of the molecule is Cc1ccc(NC(=O)c2cccc(C(F)(F)F)c2)cc1. The van der Waals surface area contributed by atoms with Gasteiger partial charge in [-0.25, -0.2) is 0 Å². The number of amides is 1. The first-order valence-corrected chi connectivity index (χ1v) is 5.91. The van der Waals surface area contributed by atoms with Crippen molar-refractivity contribution < 1.29 is 18.0 Å². The molecule has 0 heterocycles. The minimum atomic E-state index is -4.46. The van der Waals surface area contributed by atoms with Crippen LogP contribution in [0.1, 0.15) is 21.5 Å². The number of hydrogen-bond acceptors (Lipinski definition) is 1. The van der Waals surface area contributed by atoms with Gasteiger partial charge in [-0.3, -0.25) is 4.79 Å². The van der Waals surface area contributed by atoms with Crippen LogP contribution in [0.5, 0.6) is 0 Å². The molecule has 1 amide bonds. The standard InChI is InChI=1S/C15H12F3NO/c1-10-5-7-13(8-6-10)19-14(20)11-3-2-4-12(9-11)15(16,17)18/h2-9H,1H3,(H,19,20). The van der Waals surface area contributed by atoms with Crippen molar-refractivity contribution in [3.63, 3.8) is 0 Å². The molecule has 104 valence electrons. The Morgan fingerprint density at radius 1 is 1.05 bits per heavy atom. The molecule has 0 fully saturated rings. The highest BCUT2D eigenvalue weighted by Gasteiger charge is 2.30. The summed E-state index contributed by atoms with van der Waals surface area (Å²) in [5.74, 6) is -0.569. The molecule has 0 aliphatic rings. The summed E-state index contributed by atoms with van der Waals surface area (Å²) in [7, 11) is 0. The van der Waals surface area contributed by atoms with Crippen molar-refractivity contribution in [1.82, 2.24) is 0 Å².